The Bertz CT molecular complexity index is 407. The van der Waals surface area contributed by atoms with Gasteiger partial charge in [-0.15, -0.1) is 0 Å². The summed E-state index contributed by atoms with van der Waals surface area (Å²) in [5, 5.41) is 16.3. The molecule has 0 unspecified atom stereocenters. The van der Waals surface area contributed by atoms with Gasteiger partial charge in [0.05, 0.1) is 6.20 Å². The highest BCUT2D eigenvalue weighted by molar-refractivity contribution is 5.70. The van der Waals surface area contributed by atoms with Crippen LogP contribution in [0.1, 0.15) is 5.56 Å². The van der Waals surface area contributed by atoms with Crippen molar-refractivity contribution in [1.82, 2.24) is 10.2 Å². The van der Waals surface area contributed by atoms with E-state index in [4.69, 9.17) is 0 Å². The Morgan fingerprint density at radius 1 is 1.38 bits per heavy atom. The van der Waals surface area contributed by atoms with Crippen molar-refractivity contribution in [1.29, 1.82) is 0 Å². The van der Waals surface area contributed by atoms with E-state index in [1.807, 2.05) is 25.1 Å². The highest BCUT2D eigenvalue weighted by Gasteiger charge is 2.05. The van der Waals surface area contributed by atoms with Crippen LogP contribution in [-0.4, -0.2) is 15.3 Å². The van der Waals surface area contributed by atoms with Crippen LogP contribution in [0.15, 0.2) is 30.6 Å². The van der Waals surface area contributed by atoms with Crippen LogP contribution < -0.4 is 0 Å². The third-order valence-electron chi connectivity index (χ3n) is 2.05. The lowest BCUT2D eigenvalue weighted by Crippen LogP contribution is -1.79. The number of para-hydroxylation sites is 1. The summed E-state index contributed by atoms with van der Waals surface area (Å²) in [7, 11) is 0. The monoisotopic (exact) mass is 174 g/mol. The highest BCUT2D eigenvalue weighted by atomic mass is 16.3. The molecule has 2 N–H and O–H groups in total. The number of benzene rings is 1. The van der Waals surface area contributed by atoms with Crippen LogP contribution in [0.3, 0.4) is 0 Å². The summed E-state index contributed by atoms with van der Waals surface area (Å²) >= 11 is 0. The second-order valence-electron chi connectivity index (χ2n) is 2.96. The second kappa shape index (κ2) is 2.94. The number of nitrogens with one attached hydrogen (secondary N) is 1. The van der Waals surface area contributed by atoms with Gasteiger partial charge in [0.1, 0.15) is 5.75 Å². The van der Waals surface area contributed by atoms with Gasteiger partial charge in [-0.1, -0.05) is 18.2 Å². The Morgan fingerprint density at radius 3 is 2.92 bits per heavy atom. The molecule has 0 aliphatic heterocycles. The Balaban J connectivity index is 2.59. The summed E-state index contributed by atoms with van der Waals surface area (Å²) in [4.78, 5) is 0. The van der Waals surface area contributed by atoms with Gasteiger partial charge in [0.2, 0.25) is 0 Å². The first-order valence-electron chi connectivity index (χ1n) is 4.07. The second-order valence-corrected chi connectivity index (χ2v) is 2.96. The van der Waals surface area contributed by atoms with Crippen molar-refractivity contribution in [3.8, 4) is 16.9 Å². The maximum Gasteiger partial charge on any atom is 0.126 e. The molecular formula is C10H10N2O. The van der Waals surface area contributed by atoms with Gasteiger partial charge < -0.3 is 5.11 Å². The third kappa shape index (κ3) is 1.28. The minimum absolute atomic E-state index is 0.323. The molecule has 0 saturated heterocycles. The number of aromatic nitrogens is 2. The summed E-state index contributed by atoms with van der Waals surface area (Å²) in [6.07, 6.45) is 3.45. The van der Waals surface area contributed by atoms with Crippen LogP contribution in [-0.2, 0) is 0 Å². The first-order chi connectivity index (χ1) is 6.29. The molecule has 1 aromatic heterocycles. The lowest BCUT2D eigenvalue weighted by atomic mass is 10.1. The number of aromatic hydroxyl groups is 1. The molecule has 0 atom stereocenters. The molecule has 3 nitrogen and oxygen atoms in total. The van der Waals surface area contributed by atoms with Crippen molar-refractivity contribution in [2.24, 2.45) is 0 Å². The van der Waals surface area contributed by atoms with Crippen molar-refractivity contribution >= 4 is 0 Å². The maximum absolute atomic E-state index is 9.73. The zero-order chi connectivity index (χ0) is 9.26. The van der Waals surface area contributed by atoms with E-state index in [1.54, 1.807) is 12.4 Å². The minimum Gasteiger partial charge on any atom is -0.507 e. The maximum atomic E-state index is 9.73. The number of phenols is 1. The molecule has 66 valence electrons. The fourth-order valence-electron chi connectivity index (χ4n) is 1.29. The molecule has 0 radical (unpaired) electrons. The number of phenolic OH excluding ortho intramolecular Hbond substituents is 1. The molecule has 0 spiro atoms. The number of nitrogens with zero attached hydrogens (tertiary/aromatic N) is 1. The van der Waals surface area contributed by atoms with E-state index < -0.39 is 0 Å². The zero-order valence-corrected chi connectivity index (χ0v) is 7.28. The Labute approximate surface area is 76.0 Å². The summed E-state index contributed by atoms with van der Waals surface area (Å²) in [6, 6.07) is 5.66. The van der Waals surface area contributed by atoms with E-state index in [0.29, 0.717) is 5.75 Å². The fourth-order valence-corrected chi connectivity index (χ4v) is 1.29. The quantitative estimate of drug-likeness (QED) is 0.695. The predicted octanol–water partition coefficient (Wildman–Crippen LogP) is 2.09. The van der Waals surface area contributed by atoms with Crippen molar-refractivity contribution in [2.75, 3.05) is 0 Å². The average molecular weight is 174 g/mol. The average Bonchev–Trinajstić information content (AvgIpc) is 2.62. The van der Waals surface area contributed by atoms with Gasteiger partial charge >= 0.3 is 0 Å². The molecule has 0 bridgehead atoms. The predicted molar refractivity (Wildman–Crippen MR) is 50.4 cm³/mol. The molecule has 2 rings (SSSR count). The van der Waals surface area contributed by atoms with Crippen LogP contribution in [0, 0.1) is 6.92 Å². The molecule has 0 saturated carbocycles. The van der Waals surface area contributed by atoms with E-state index >= 15 is 0 Å². The lowest BCUT2D eigenvalue weighted by molar-refractivity contribution is 0.473. The summed E-state index contributed by atoms with van der Waals surface area (Å²) in [6.45, 7) is 1.87. The SMILES string of the molecule is Cc1cccc(-c2cn[nH]c2)c1O. The topological polar surface area (TPSA) is 48.9 Å². The Kier molecular flexibility index (Phi) is 1.77. The molecule has 0 aliphatic carbocycles. The lowest BCUT2D eigenvalue weighted by Gasteiger charge is -2.03. The molecule has 13 heavy (non-hydrogen) atoms. The van der Waals surface area contributed by atoms with Crippen LogP contribution in [0.25, 0.3) is 11.1 Å². The molecule has 1 heterocycles. The Hall–Kier alpha value is -1.77. The number of hydrogen-bond acceptors (Lipinski definition) is 2. The van der Waals surface area contributed by atoms with Gasteiger partial charge in [-0.2, -0.15) is 5.10 Å². The van der Waals surface area contributed by atoms with Crippen LogP contribution >= 0.6 is 0 Å². The third-order valence-corrected chi connectivity index (χ3v) is 2.05. The van der Waals surface area contributed by atoms with Crippen LogP contribution in [0.2, 0.25) is 0 Å². The standard InChI is InChI=1S/C10H10N2O/c1-7-3-2-4-9(10(7)13)8-5-11-12-6-8/h2-6,13H,1H3,(H,11,12). The van der Waals surface area contributed by atoms with Crippen molar-refractivity contribution < 1.29 is 5.11 Å². The van der Waals surface area contributed by atoms with E-state index in [1.165, 1.54) is 0 Å². The molecule has 2 aromatic rings. The number of H-pyrrole nitrogens is 1. The minimum atomic E-state index is 0.323. The van der Waals surface area contributed by atoms with Gasteiger partial charge in [0, 0.05) is 17.3 Å². The molecule has 0 fully saturated rings. The molecule has 0 amide bonds. The Morgan fingerprint density at radius 2 is 2.23 bits per heavy atom. The number of aryl methyl sites for hydroxylation is 1. The van der Waals surface area contributed by atoms with E-state index in [9.17, 15) is 5.11 Å². The van der Waals surface area contributed by atoms with Gasteiger partial charge in [-0.3, -0.25) is 5.10 Å². The van der Waals surface area contributed by atoms with Gasteiger partial charge in [0.15, 0.2) is 0 Å². The fraction of sp³-hybridized carbons (Fsp3) is 0.100. The molecular weight excluding hydrogens is 164 g/mol. The normalized spacial score (nSPS) is 10.2. The van der Waals surface area contributed by atoms with Crippen LogP contribution in [0.5, 0.6) is 5.75 Å². The summed E-state index contributed by atoms with van der Waals surface area (Å²) < 4.78 is 0. The van der Waals surface area contributed by atoms with Crippen molar-refractivity contribution in [3.63, 3.8) is 0 Å². The van der Waals surface area contributed by atoms with E-state index in [2.05, 4.69) is 10.2 Å². The molecule has 1 aromatic carbocycles. The number of rotatable bonds is 1. The smallest absolute Gasteiger partial charge is 0.126 e. The van der Waals surface area contributed by atoms with E-state index in [-0.39, 0.29) is 0 Å². The van der Waals surface area contributed by atoms with Gasteiger partial charge in [-0.25, -0.2) is 0 Å². The summed E-state index contributed by atoms with van der Waals surface area (Å²) in [5.41, 5.74) is 2.59. The molecule has 3 heteroatoms. The van der Waals surface area contributed by atoms with Gasteiger partial charge in [-0.05, 0) is 12.5 Å². The van der Waals surface area contributed by atoms with Gasteiger partial charge in [0.25, 0.3) is 0 Å². The number of aromatic amines is 1. The van der Waals surface area contributed by atoms with E-state index in [0.717, 1.165) is 16.7 Å². The number of hydrogen-bond donors (Lipinski definition) is 2. The zero-order valence-electron chi connectivity index (χ0n) is 7.28. The largest absolute Gasteiger partial charge is 0.507 e. The molecule has 0 aliphatic rings. The summed E-state index contributed by atoms with van der Waals surface area (Å²) in [5.74, 6) is 0.323. The first-order valence-corrected chi connectivity index (χ1v) is 4.07. The van der Waals surface area contributed by atoms with Crippen molar-refractivity contribution in [2.45, 2.75) is 6.92 Å². The highest BCUT2D eigenvalue weighted by Crippen LogP contribution is 2.30. The van der Waals surface area contributed by atoms with Crippen LogP contribution in [0.4, 0.5) is 0 Å². The van der Waals surface area contributed by atoms with Crippen molar-refractivity contribution in [3.05, 3.63) is 36.2 Å². The first kappa shape index (κ1) is 7.86.